The number of aromatic amines is 1. The zero-order valence-electron chi connectivity index (χ0n) is 16.8. The zero-order chi connectivity index (χ0) is 20.8. The van der Waals surface area contributed by atoms with Gasteiger partial charge in [-0.3, -0.25) is 9.59 Å². The van der Waals surface area contributed by atoms with Crippen LogP contribution in [0.1, 0.15) is 39.9 Å². The number of benzene rings is 1. The monoisotopic (exact) mass is 384 g/mol. The van der Waals surface area contributed by atoms with Crippen molar-refractivity contribution in [3.63, 3.8) is 0 Å². The van der Waals surface area contributed by atoms with E-state index in [1.807, 2.05) is 19.1 Å². The maximum atomic E-state index is 12.2. The molecule has 0 spiro atoms. The molecule has 1 heterocycles. The number of carbonyl (C=O) groups is 1. The molecule has 0 atom stereocenters. The molecule has 2 aromatic rings. The van der Waals surface area contributed by atoms with E-state index in [0.717, 1.165) is 16.7 Å². The largest absolute Gasteiger partial charge is 0.493 e. The number of aryl methyl sites for hydroxylation is 2. The highest BCUT2D eigenvalue weighted by atomic mass is 16.5. The van der Waals surface area contributed by atoms with Crippen molar-refractivity contribution in [2.24, 2.45) is 0 Å². The van der Waals surface area contributed by atoms with Gasteiger partial charge in [0.25, 0.3) is 5.56 Å². The number of rotatable bonds is 7. The van der Waals surface area contributed by atoms with Crippen LogP contribution >= 0.6 is 0 Å². The summed E-state index contributed by atoms with van der Waals surface area (Å²) in [6, 6.07) is 5.53. The molecule has 0 fully saturated rings. The fourth-order valence-corrected chi connectivity index (χ4v) is 3.06. The predicted octanol–water partition coefficient (Wildman–Crippen LogP) is 2.87. The van der Waals surface area contributed by atoms with Gasteiger partial charge in [-0.05, 0) is 61.6 Å². The number of pyridine rings is 1. The molecule has 2 rings (SSSR count). The topological polar surface area (TPSA) is 101 Å². The first-order chi connectivity index (χ1) is 13.3. The van der Waals surface area contributed by atoms with Crippen molar-refractivity contribution in [2.75, 3.05) is 14.2 Å². The Morgan fingerprint density at radius 1 is 1.14 bits per heavy atom. The molecule has 1 N–H and O–H groups in total. The van der Waals surface area contributed by atoms with Crippen molar-refractivity contribution in [3.05, 3.63) is 56.0 Å². The van der Waals surface area contributed by atoms with Gasteiger partial charge in [0.2, 0.25) is 0 Å². The zero-order valence-corrected chi connectivity index (χ0v) is 16.8. The molecule has 28 heavy (non-hydrogen) atoms. The lowest BCUT2D eigenvalue weighted by Crippen LogP contribution is -2.17. The number of hydrogen-bond acceptors (Lipinski definition) is 6. The van der Waals surface area contributed by atoms with Gasteiger partial charge in [-0.2, -0.15) is 5.26 Å². The quantitative estimate of drug-likeness (QED) is 0.737. The van der Waals surface area contributed by atoms with E-state index in [-0.39, 0.29) is 24.6 Å². The molecule has 148 valence electrons. The van der Waals surface area contributed by atoms with E-state index in [4.69, 9.17) is 19.5 Å². The number of esters is 1. The van der Waals surface area contributed by atoms with Gasteiger partial charge in [0.05, 0.1) is 14.2 Å². The van der Waals surface area contributed by atoms with E-state index < -0.39 is 5.56 Å². The second-order valence-electron chi connectivity index (χ2n) is 6.46. The third-order valence-corrected chi connectivity index (χ3v) is 4.73. The third kappa shape index (κ3) is 4.52. The van der Waals surface area contributed by atoms with Crippen molar-refractivity contribution in [2.45, 2.75) is 40.2 Å². The summed E-state index contributed by atoms with van der Waals surface area (Å²) < 4.78 is 15.9. The number of hydrogen-bond donors (Lipinski definition) is 1. The SMILES string of the molecule is COc1cc(C)c(COC(=O)CCc2c(C)[nH]c(=O)c(C#N)c2C)cc1OC. The second-order valence-corrected chi connectivity index (χ2v) is 6.46. The molecule has 1 aromatic heterocycles. The Kier molecular flexibility index (Phi) is 6.83. The van der Waals surface area contributed by atoms with Crippen molar-refractivity contribution < 1.29 is 19.0 Å². The summed E-state index contributed by atoms with van der Waals surface area (Å²) in [5.41, 5.74) is 3.47. The molecule has 7 nitrogen and oxygen atoms in total. The van der Waals surface area contributed by atoms with Crippen molar-refractivity contribution in [1.29, 1.82) is 5.26 Å². The van der Waals surface area contributed by atoms with Crippen LogP contribution in [0.5, 0.6) is 11.5 Å². The van der Waals surface area contributed by atoms with Gasteiger partial charge in [0.1, 0.15) is 18.2 Å². The van der Waals surface area contributed by atoms with Gasteiger partial charge in [0.15, 0.2) is 11.5 Å². The minimum Gasteiger partial charge on any atom is -0.493 e. The van der Waals surface area contributed by atoms with Crippen LogP contribution in [0, 0.1) is 32.1 Å². The highest BCUT2D eigenvalue weighted by Gasteiger charge is 2.15. The van der Waals surface area contributed by atoms with Crippen LogP contribution in [0.4, 0.5) is 0 Å². The average molecular weight is 384 g/mol. The van der Waals surface area contributed by atoms with Crippen molar-refractivity contribution >= 4 is 5.97 Å². The van der Waals surface area contributed by atoms with Gasteiger partial charge >= 0.3 is 5.97 Å². The molecular weight excluding hydrogens is 360 g/mol. The standard InChI is InChI=1S/C21H24N2O5/c1-12-8-18(26-4)19(27-5)9-15(12)11-28-20(24)7-6-16-13(2)17(10-22)21(25)23-14(16)3/h8-9H,6-7,11H2,1-5H3,(H,23,25). The van der Waals surface area contributed by atoms with Crippen LogP contribution in [0.2, 0.25) is 0 Å². The summed E-state index contributed by atoms with van der Waals surface area (Å²) >= 11 is 0. The Bertz CT molecular complexity index is 986. The number of ether oxygens (including phenoxy) is 3. The first-order valence-electron chi connectivity index (χ1n) is 8.81. The van der Waals surface area contributed by atoms with E-state index in [2.05, 4.69) is 4.98 Å². The summed E-state index contributed by atoms with van der Waals surface area (Å²) in [5, 5.41) is 9.13. The maximum Gasteiger partial charge on any atom is 0.306 e. The molecule has 0 bridgehead atoms. The van der Waals surface area contributed by atoms with E-state index >= 15 is 0 Å². The van der Waals surface area contributed by atoms with Crippen LogP contribution in [-0.4, -0.2) is 25.2 Å². The Hall–Kier alpha value is -3.27. The average Bonchev–Trinajstić information content (AvgIpc) is 2.66. The number of nitrogens with zero attached hydrogens (tertiary/aromatic N) is 1. The highest BCUT2D eigenvalue weighted by Crippen LogP contribution is 2.30. The molecule has 0 radical (unpaired) electrons. The number of aromatic nitrogens is 1. The number of methoxy groups -OCH3 is 2. The minimum absolute atomic E-state index is 0.0786. The molecule has 0 aliphatic carbocycles. The lowest BCUT2D eigenvalue weighted by atomic mass is 9.99. The van der Waals surface area contributed by atoms with Crippen LogP contribution < -0.4 is 15.0 Å². The summed E-state index contributed by atoms with van der Waals surface area (Å²) in [6.45, 7) is 5.50. The smallest absolute Gasteiger partial charge is 0.306 e. The molecular formula is C21H24N2O5. The molecule has 1 aromatic carbocycles. The number of nitriles is 1. The minimum atomic E-state index is -0.409. The summed E-state index contributed by atoms with van der Waals surface area (Å²) in [4.78, 5) is 26.6. The molecule has 0 unspecified atom stereocenters. The fraction of sp³-hybridized carbons (Fsp3) is 0.381. The fourth-order valence-electron chi connectivity index (χ4n) is 3.06. The summed E-state index contributed by atoms with van der Waals surface area (Å²) in [7, 11) is 3.11. The Labute approximate surface area is 163 Å². The Morgan fingerprint density at radius 2 is 1.79 bits per heavy atom. The molecule has 0 saturated carbocycles. The normalized spacial score (nSPS) is 10.3. The second kappa shape index (κ2) is 9.09. The van der Waals surface area contributed by atoms with Gasteiger partial charge in [0, 0.05) is 12.1 Å². The lowest BCUT2D eigenvalue weighted by Gasteiger charge is -2.13. The Morgan fingerprint density at radius 3 is 2.39 bits per heavy atom. The van der Waals surface area contributed by atoms with Crippen molar-refractivity contribution in [1.82, 2.24) is 4.98 Å². The van der Waals surface area contributed by atoms with Gasteiger partial charge < -0.3 is 19.2 Å². The van der Waals surface area contributed by atoms with E-state index in [1.165, 1.54) is 0 Å². The number of H-pyrrole nitrogens is 1. The number of nitrogens with one attached hydrogen (secondary N) is 1. The maximum absolute atomic E-state index is 12.2. The predicted molar refractivity (Wildman–Crippen MR) is 104 cm³/mol. The molecule has 7 heteroatoms. The van der Waals surface area contributed by atoms with Crippen LogP contribution in [0.3, 0.4) is 0 Å². The van der Waals surface area contributed by atoms with E-state index in [9.17, 15) is 9.59 Å². The van der Waals surface area contributed by atoms with Gasteiger partial charge in [-0.25, -0.2) is 0 Å². The highest BCUT2D eigenvalue weighted by molar-refractivity contribution is 5.70. The van der Waals surface area contributed by atoms with Crippen LogP contribution in [-0.2, 0) is 22.6 Å². The van der Waals surface area contributed by atoms with Gasteiger partial charge in [-0.15, -0.1) is 0 Å². The summed E-state index contributed by atoms with van der Waals surface area (Å²) in [5.74, 6) is 0.827. The molecule has 0 aliphatic heterocycles. The van der Waals surface area contributed by atoms with Gasteiger partial charge in [-0.1, -0.05) is 0 Å². The first-order valence-corrected chi connectivity index (χ1v) is 8.81. The Balaban J connectivity index is 2.05. The lowest BCUT2D eigenvalue weighted by molar-refractivity contribution is -0.144. The van der Waals surface area contributed by atoms with Crippen LogP contribution in [0.25, 0.3) is 0 Å². The van der Waals surface area contributed by atoms with Crippen LogP contribution in [0.15, 0.2) is 16.9 Å². The van der Waals surface area contributed by atoms with E-state index in [1.54, 1.807) is 34.1 Å². The number of carbonyl (C=O) groups excluding carboxylic acids is 1. The molecule has 0 aliphatic rings. The summed E-state index contributed by atoms with van der Waals surface area (Å²) in [6.07, 6.45) is 0.526. The molecule has 0 amide bonds. The van der Waals surface area contributed by atoms with Crippen molar-refractivity contribution in [3.8, 4) is 17.6 Å². The first kappa shape index (κ1) is 21.0. The van der Waals surface area contributed by atoms with E-state index in [0.29, 0.717) is 29.2 Å². The third-order valence-electron chi connectivity index (χ3n) is 4.73. The molecule has 0 saturated heterocycles.